The van der Waals surface area contributed by atoms with Crippen LogP contribution in [0.5, 0.6) is 0 Å². The number of carbonyl (C=O) groups is 2. The summed E-state index contributed by atoms with van der Waals surface area (Å²) < 4.78 is 49.8. The molecule has 5 rings (SSSR count). The van der Waals surface area contributed by atoms with Crippen LogP contribution in [0.25, 0.3) is 26.4 Å². The molecule has 4 aromatic rings. The van der Waals surface area contributed by atoms with Crippen molar-refractivity contribution >= 4 is 38.4 Å². The standard InChI is InChI=1S/C32H37F3N4O3S/c1-31(2,3)42-30(41)36-19-23-11-10-21(17-24(23)32(33,34)35)25-20-39-26-13-12-22(18-28(26)43-29(39)37-25)27(40)9-5-8-16-38-14-6-4-7-15-38/h10-13,17-18,20H,4-9,14-16,19H2,1-3H3,(H,36,41). The van der Waals surface area contributed by atoms with Gasteiger partial charge in [0.05, 0.1) is 21.5 Å². The van der Waals surface area contributed by atoms with Crippen molar-refractivity contribution in [2.24, 2.45) is 0 Å². The number of nitrogens with one attached hydrogen (secondary N) is 1. The number of rotatable bonds is 9. The molecule has 1 fully saturated rings. The maximum absolute atomic E-state index is 14.0. The van der Waals surface area contributed by atoms with Crippen molar-refractivity contribution < 1.29 is 27.5 Å². The van der Waals surface area contributed by atoms with Gasteiger partial charge in [-0.2, -0.15) is 13.2 Å². The molecule has 7 nitrogen and oxygen atoms in total. The van der Waals surface area contributed by atoms with E-state index in [2.05, 4.69) is 15.2 Å². The lowest BCUT2D eigenvalue weighted by atomic mass is 10.0. The average Bonchev–Trinajstić information content (AvgIpc) is 3.51. The molecule has 2 aromatic carbocycles. The molecule has 0 aliphatic carbocycles. The largest absolute Gasteiger partial charge is 0.444 e. The number of fused-ring (bicyclic) bond motifs is 3. The third kappa shape index (κ3) is 7.75. The molecule has 43 heavy (non-hydrogen) atoms. The number of unbranched alkanes of at least 4 members (excludes halogenated alkanes) is 1. The molecule has 1 amide bonds. The first-order valence-electron chi connectivity index (χ1n) is 14.7. The maximum atomic E-state index is 14.0. The van der Waals surface area contributed by atoms with E-state index in [1.54, 1.807) is 33.0 Å². The Morgan fingerprint density at radius 2 is 1.79 bits per heavy atom. The van der Waals surface area contributed by atoms with Crippen molar-refractivity contribution in [1.82, 2.24) is 19.6 Å². The number of hydrogen-bond acceptors (Lipinski definition) is 6. The molecule has 0 radical (unpaired) electrons. The Morgan fingerprint density at radius 3 is 2.51 bits per heavy atom. The van der Waals surface area contributed by atoms with Crippen LogP contribution in [0.4, 0.5) is 18.0 Å². The lowest BCUT2D eigenvalue weighted by molar-refractivity contribution is -0.138. The van der Waals surface area contributed by atoms with E-state index in [0.29, 0.717) is 28.2 Å². The molecular formula is C32H37F3N4O3S. The van der Waals surface area contributed by atoms with Gasteiger partial charge in [0.2, 0.25) is 0 Å². The average molecular weight is 615 g/mol. The molecule has 11 heteroatoms. The summed E-state index contributed by atoms with van der Waals surface area (Å²) >= 11 is 1.39. The number of alkyl carbamates (subject to hydrolysis) is 1. The highest BCUT2D eigenvalue weighted by Gasteiger charge is 2.34. The minimum Gasteiger partial charge on any atom is -0.444 e. The smallest absolute Gasteiger partial charge is 0.416 e. The number of Topliss-reactive ketones (excluding diaryl/α,β-unsaturated/α-hetero) is 1. The molecule has 0 atom stereocenters. The van der Waals surface area contributed by atoms with Gasteiger partial charge in [-0.3, -0.25) is 9.20 Å². The molecule has 0 unspecified atom stereocenters. The normalized spacial score (nSPS) is 14.8. The number of benzene rings is 2. The van der Waals surface area contributed by atoms with Gasteiger partial charge in [-0.05, 0) is 95.9 Å². The SMILES string of the molecule is CC(C)(C)OC(=O)NCc1ccc(-c2cn3c(n2)sc2cc(C(=O)CCCCN4CCCCC4)ccc23)cc1C(F)(F)F. The van der Waals surface area contributed by atoms with Crippen molar-refractivity contribution in [2.45, 2.75) is 77.6 Å². The number of halogens is 3. The van der Waals surface area contributed by atoms with Crippen LogP contribution in [-0.2, 0) is 17.5 Å². The minimum atomic E-state index is -4.62. The summed E-state index contributed by atoms with van der Waals surface area (Å²) in [6.45, 7) is 8.08. The number of hydrogen-bond donors (Lipinski definition) is 1. The number of amides is 1. The Bertz CT molecular complexity index is 1610. The Hall–Kier alpha value is -3.44. The number of imidazole rings is 1. The number of nitrogens with zero attached hydrogens (tertiary/aromatic N) is 3. The number of aromatic nitrogens is 2. The molecule has 2 aromatic heterocycles. The van der Waals surface area contributed by atoms with Gasteiger partial charge >= 0.3 is 12.3 Å². The first kappa shape index (κ1) is 31.0. The Labute approximate surface area is 253 Å². The number of ketones is 1. The van der Waals surface area contributed by atoms with Crippen LogP contribution in [0.15, 0.2) is 42.6 Å². The number of carbonyl (C=O) groups excluding carboxylic acids is 2. The second-order valence-electron chi connectivity index (χ2n) is 12.1. The van der Waals surface area contributed by atoms with E-state index in [4.69, 9.17) is 4.74 Å². The predicted octanol–water partition coefficient (Wildman–Crippen LogP) is 8.10. The zero-order valence-electron chi connectivity index (χ0n) is 24.7. The van der Waals surface area contributed by atoms with Gasteiger partial charge in [0.25, 0.3) is 0 Å². The lowest BCUT2D eigenvalue weighted by Crippen LogP contribution is -2.32. The van der Waals surface area contributed by atoms with E-state index in [1.807, 2.05) is 22.6 Å². The molecule has 230 valence electrons. The predicted molar refractivity (Wildman–Crippen MR) is 163 cm³/mol. The van der Waals surface area contributed by atoms with Crippen LogP contribution in [0.3, 0.4) is 0 Å². The van der Waals surface area contributed by atoms with Crippen molar-refractivity contribution in [2.75, 3.05) is 19.6 Å². The highest BCUT2D eigenvalue weighted by Crippen LogP contribution is 2.36. The van der Waals surface area contributed by atoms with E-state index < -0.39 is 23.4 Å². The van der Waals surface area contributed by atoms with E-state index in [-0.39, 0.29) is 17.9 Å². The molecule has 3 heterocycles. The number of piperidine rings is 1. The number of alkyl halides is 3. The molecule has 0 spiro atoms. The quantitative estimate of drug-likeness (QED) is 0.152. The van der Waals surface area contributed by atoms with Crippen LogP contribution in [0, 0.1) is 0 Å². The van der Waals surface area contributed by atoms with Crippen molar-refractivity contribution in [3.63, 3.8) is 0 Å². The van der Waals surface area contributed by atoms with E-state index in [1.165, 1.54) is 36.7 Å². The fourth-order valence-corrected chi connectivity index (χ4v) is 6.44. The zero-order valence-corrected chi connectivity index (χ0v) is 25.5. The van der Waals surface area contributed by atoms with E-state index in [9.17, 15) is 22.8 Å². The summed E-state index contributed by atoms with van der Waals surface area (Å²) in [5.41, 5.74) is 0.546. The molecule has 1 N–H and O–H groups in total. The second kappa shape index (κ2) is 12.7. The van der Waals surface area contributed by atoms with Crippen LogP contribution in [0.1, 0.15) is 80.8 Å². The third-order valence-corrected chi connectivity index (χ3v) is 8.54. The van der Waals surface area contributed by atoms with Gasteiger partial charge in [0.1, 0.15) is 5.60 Å². The van der Waals surface area contributed by atoms with Gasteiger partial charge in [0, 0.05) is 30.3 Å². The summed E-state index contributed by atoms with van der Waals surface area (Å²) in [4.78, 5) is 32.6. The maximum Gasteiger partial charge on any atom is 0.416 e. The Balaban J connectivity index is 1.28. The first-order valence-corrected chi connectivity index (χ1v) is 15.5. The van der Waals surface area contributed by atoms with E-state index >= 15 is 0 Å². The fraction of sp³-hybridized carbons (Fsp3) is 0.469. The van der Waals surface area contributed by atoms with Crippen LogP contribution in [0.2, 0.25) is 0 Å². The van der Waals surface area contributed by atoms with Gasteiger partial charge in [-0.15, -0.1) is 0 Å². The third-order valence-electron chi connectivity index (χ3n) is 7.53. The highest BCUT2D eigenvalue weighted by molar-refractivity contribution is 7.23. The topological polar surface area (TPSA) is 75.9 Å². The Kier molecular flexibility index (Phi) is 9.12. The zero-order chi connectivity index (χ0) is 30.8. The van der Waals surface area contributed by atoms with Crippen molar-refractivity contribution in [3.8, 4) is 11.3 Å². The Morgan fingerprint density at radius 1 is 1.02 bits per heavy atom. The van der Waals surface area contributed by atoms with Crippen LogP contribution >= 0.6 is 11.3 Å². The molecule has 1 saturated heterocycles. The van der Waals surface area contributed by atoms with Gasteiger partial charge in [0.15, 0.2) is 10.7 Å². The van der Waals surface area contributed by atoms with Crippen molar-refractivity contribution in [3.05, 3.63) is 59.3 Å². The van der Waals surface area contributed by atoms with Crippen LogP contribution in [-0.4, -0.2) is 51.4 Å². The van der Waals surface area contributed by atoms with Crippen LogP contribution < -0.4 is 5.32 Å². The minimum absolute atomic E-state index is 0.0720. The number of ether oxygens (including phenoxy) is 1. The monoisotopic (exact) mass is 614 g/mol. The summed E-state index contributed by atoms with van der Waals surface area (Å²) in [5.74, 6) is 0.119. The fourth-order valence-electron chi connectivity index (χ4n) is 5.40. The molecular weight excluding hydrogens is 577 g/mol. The van der Waals surface area contributed by atoms with Gasteiger partial charge in [-0.1, -0.05) is 29.9 Å². The van der Waals surface area contributed by atoms with E-state index in [0.717, 1.165) is 48.8 Å². The first-order chi connectivity index (χ1) is 20.4. The van der Waals surface area contributed by atoms with Crippen molar-refractivity contribution in [1.29, 1.82) is 0 Å². The molecule has 1 aliphatic heterocycles. The lowest BCUT2D eigenvalue weighted by Gasteiger charge is -2.26. The summed E-state index contributed by atoms with van der Waals surface area (Å²) in [6, 6.07) is 9.55. The summed E-state index contributed by atoms with van der Waals surface area (Å²) in [6.07, 6.45) is 2.53. The summed E-state index contributed by atoms with van der Waals surface area (Å²) in [5, 5.41) is 2.40. The van der Waals surface area contributed by atoms with Gasteiger partial charge < -0.3 is 15.0 Å². The summed E-state index contributed by atoms with van der Waals surface area (Å²) in [7, 11) is 0. The van der Waals surface area contributed by atoms with Gasteiger partial charge in [-0.25, -0.2) is 9.78 Å². The number of thiazole rings is 1. The second-order valence-corrected chi connectivity index (χ2v) is 13.1. The molecule has 0 bridgehead atoms. The molecule has 1 aliphatic rings. The molecule has 0 saturated carbocycles. The number of likely N-dealkylation sites (tertiary alicyclic amines) is 1. The highest BCUT2D eigenvalue weighted by atomic mass is 32.1.